The van der Waals surface area contributed by atoms with E-state index in [1.807, 2.05) is 6.07 Å². The molecule has 0 fully saturated rings. The summed E-state index contributed by atoms with van der Waals surface area (Å²) in [6, 6.07) is 8.77. The van der Waals surface area contributed by atoms with Crippen LogP contribution < -0.4 is 0 Å². The summed E-state index contributed by atoms with van der Waals surface area (Å²) in [5, 5.41) is 36.7. The van der Waals surface area contributed by atoms with E-state index >= 15 is 0 Å². The molecule has 0 aliphatic rings. The summed E-state index contributed by atoms with van der Waals surface area (Å²) in [6.07, 6.45) is -2.53. The molecule has 0 amide bonds. The molecule has 0 aromatic heterocycles. The third kappa shape index (κ3) is 2.38. The molecule has 82 valence electrons. The summed E-state index contributed by atoms with van der Waals surface area (Å²) in [5.41, 5.74) is 1.45. The summed E-state index contributed by atoms with van der Waals surface area (Å²) < 4.78 is 0. The van der Waals surface area contributed by atoms with E-state index in [1.54, 1.807) is 31.2 Å². The van der Waals surface area contributed by atoms with E-state index in [2.05, 4.69) is 0 Å². The van der Waals surface area contributed by atoms with Gasteiger partial charge in [0, 0.05) is 5.56 Å². The number of rotatable bonds is 3. The van der Waals surface area contributed by atoms with Gasteiger partial charge in [-0.15, -0.1) is 0 Å². The lowest BCUT2D eigenvalue weighted by molar-refractivity contribution is 0.0211. The summed E-state index contributed by atoms with van der Waals surface area (Å²) in [5.74, 6) is 0. The van der Waals surface area contributed by atoms with E-state index < -0.39 is 12.2 Å². The van der Waals surface area contributed by atoms with Gasteiger partial charge in [-0.05, 0) is 18.6 Å². The Bertz CT molecular complexity index is 457. The molecule has 0 bridgehead atoms. The lowest BCUT2D eigenvalue weighted by atomic mass is 9.94. The fraction of sp³-hybridized carbons (Fsp3) is 0.333. The number of nitrogens with zero attached hydrogens (tertiary/aromatic N) is 2. The smallest absolute Gasteiger partial charge is 0.107 e. The molecule has 2 unspecified atom stereocenters. The molecule has 16 heavy (non-hydrogen) atoms. The van der Waals surface area contributed by atoms with Gasteiger partial charge in [-0.25, -0.2) is 0 Å². The molecule has 4 nitrogen and oxygen atoms in total. The van der Waals surface area contributed by atoms with Gasteiger partial charge in [0.15, 0.2) is 0 Å². The summed E-state index contributed by atoms with van der Waals surface area (Å²) in [4.78, 5) is 0. The van der Waals surface area contributed by atoms with Gasteiger partial charge in [-0.1, -0.05) is 12.1 Å². The molecule has 0 spiro atoms. The Kier molecular flexibility index (Phi) is 4.02. The van der Waals surface area contributed by atoms with Crippen molar-refractivity contribution in [1.29, 1.82) is 10.5 Å². The zero-order chi connectivity index (χ0) is 12.1. The minimum Gasteiger partial charge on any atom is -0.389 e. The van der Waals surface area contributed by atoms with Crippen LogP contribution in [0.2, 0.25) is 0 Å². The quantitative estimate of drug-likeness (QED) is 0.793. The van der Waals surface area contributed by atoms with Crippen LogP contribution in [0, 0.1) is 29.6 Å². The van der Waals surface area contributed by atoms with Gasteiger partial charge < -0.3 is 10.2 Å². The minimum absolute atomic E-state index is 0.166. The number of benzene rings is 1. The average Bonchev–Trinajstić information content (AvgIpc) is 2.28. The van der Waals surface area contributed by atoms with E-state index in [0.29, 0.717) is 11.1 Å². The first-order valence-electron chi connectivity index (χ1n) is 4.84. The predicted octanol–water partition coefficient (Wildman–Crippen LogP) is 1.17. The van der Waals surface area contributed by atoms with Crippen molar-refractivity contribution in [3.05, 3.63) is 34.9 Å². The third-order valence-electron chi connectivity index (χ3n) is 2.41. The molecule has 0 radical (unpaired) electrons. The molecule has 1 aromatic carbocycles. The Morgan fingerprint density at radius 1 is 1.31 bits per heavy atom. The second kappa shape index (κ2) is 5.27. The fourth-order valence-electron chi connectivity index (χ4n) is 1.57. The second-order valence-corrected chi connectivity index (χ2v) is 3.52. The maximum absolute atomic E-state index is 9.86. The standard InChI is InChI=1S/C12H12N2O2/c1-8-3-2-4-9(7-14)11(8)12(16)10(15)5-6-13/h2-4,10,12,15-16H,5H2,1H3. The number of aliphatic hydroxyl groups excluding tert-OH is 2. The van der Waals surface area contributed by atoms with Crippen molar-refractivity contribution in [3.8, 4) is 12.1 Å². The van der Waals surface area contributed by atoms with Gasteiger partial charge in [0.05, 0.1) is 30.2 Å². The predicted molar refractivity (Wildman–Crippen MR) is 57.1 cm³/mol. The molecule has 0 aliphatic carbocycles. The highest BCUT2D eigenvalue weighted by Gasteiger charge is 2.22. The lowest BCUT2D eigenvalue weighted by Crippen LogP contribution is -2.19. The fourth-order valence-corrected chi connectivity index (χ4v) is 1.57. The molecule has 0 saturated heterocycles. The van der Waals surface area contributed by atoms with Gasteiger partial charge in [-0.2, -0.15) is 10.5 Å². The van der Waals surface area contributed by atoms with Gasteiger partial charge in [-0.3, -0.25) is 0 Å². The van der Waals surface area contributed by atoms with Gasteiger partial charge >= 0.3 is 0 Å². The number of aliphatic hydroxyl groups is 2. The number of nitriles is 2. The van der Waals surface area contributed by atoms with Crippen LogP contribution in [0.15, 0.2) is 18.2 Å². The number of hydrogen-bond acceptors (Lipinski definition) is 4. The SMILES string of the molecule is Cc1cccc(C#N)c1C(O)C(O)CC#N. The van der Waals surface area contributed by atoms with Crippen molar-refractivity contribution in [2.75, 3.05) is 0 Å². The summed E-state index contributed by atoms with van der Waals surface area (Å²) >= 11 is 0. The largest absolute Gasteiger partial charge is 0.389 e. The normalized spacial score (nSPS) is 13.6. The van der Waals surface area contributed by atoms with E-state index in [-0.39, 0.29) is 6.42 Å². The first kappa shape index (κ1) is 12.2. The summed E-state index contributed by atoms with van der Waals surface area (Å²) in [6.45, 7) is 1.75. The molecule has 1 aromatic rings. The van der Waals surface area contributed by atoms with Crippen molar-refractivity contribution in [1.82, 2.24) is 0 Å². The van der Waals surface area contributed by atoms with Crippen molar-refractivity contribution in [2.24, 2.45) is 0 Å². The van der Waals surface area contributed by atoms with Crippen LogP contribution in [0.4, 0.5) is 0 Å². The van der Waals surface area contributed by atoms with E-state index in [4.69, 9.17) is 10.5 Å². The minimum atomic E-state index is -1.20. The molecule has 4 heteroatoms. The zero-order valence-electron chi connectivity index (χ0n) is 8.88. The Morgan fingerprint density at radius 2 is 2.00 bits per heavy atom. The molecule has 1 rings (SSSR count). The van der Waals surface area contributed by atoms with Crippen LogP contribution in [-0.2, 0) is 0 Å². The molecule has 2 atom stereocenters. The van der Waals surface area contributed by atoms with Gasteiger partial charge in [0.1, 0.15) is 6.10 Å². The molecule has 0 heterocycles. The summed E-state index contributed by atoms with van der Waals surface area (Å²) in [7, 11) is 0. The van der Waals surface area contributed by atoms with Crippen molar-refractivity contribution in [2.45, 2.75) is 25.6 Å². The molecule has 0 aliphatic heterocycles. The average molecular weight is 216 g/mol. The monoisotopic (exact) mass is 216 g/mol. The highest BCUT2D eigenvalue weighted by atomic mass is 16.3. The molecule has 0 saturated carbocycles. The Hall–Kier alpha value is -1.88. The third-order valence-corrected chi connectivity index (χ3v) is 2.41. The molecular formula is C12H12N2O2. The van der Waals surface area contributed by atoms with Crippen molar-refractivity contribution in [3.63, 3.8) is 0 Å². The van der Waals surface area contributed by atoms with Crippen LogP contribution in [0.25, 0.3) is 0 Å². The maximum Gasteiger partial charge on any atom is 0.107 e. The van der Waals surface area contributed by atoms with Crippen LogP contribution >= 0.6 is 0 Å². The Labute approximate surface area is 94.0 Å². The maximum atomic E-state index is 9.86. The van der Waals surface area contributed by atoms with E-state index in [1.165, 1.54) is 0 Å². The number of aryl methyl sites for hydroxylation is 1. The first-order valence-corrected chi connectivity index (χ1v) is 4.84. The highest BCUT2D eigenvalue weighted by Crippen LogP contribution is 2.25. The van der Waals surface area contributed by atoms with Gasteiger partial charge in [0.2, 0.25) is 0 Å². The first-order chi connectivity index (χ1) is 7.61. The van der Waals surface area contributed by atoms with E-state index in [0.717, 1.165) is 5.56 Å². The second-order valence-electron chi connectivity index (χ2n) is 3.52. The highest BCUT2D eigenvalue weighted by molar-refractivity contribution is 5.44. The van der Waals surface area contributed by atoms with Crippen LogP contribution in [-0.4, -0.2) is 16.3 Å². The molecular weight excluding hydrogens is 204 g/mol. The number of hydrogen-bond donors (Lipinski definition) is 2. The van der Waals surface area contributed by atoms with Crippen LogP contribution in [0.3, 0.4) is 0 Å². The van der Waals surface area contributed by atoms with Crippen molar-refractivity contribution >= 4 is 0 Å². The lowest BCUT2D eigenvalue weighted by Gasteiger charge is -2.18. The van der Waals surface area contributed by atoms with Crippen molar-refractivity contribution < 1.29 is 10.2 Å². The Balaban J connectivity index is 3.13. The molecule has 2 N–H and O–H groups in total. The van der Waals surface area contributed by atoms with Crippen LogP contribution in [0.5, 0.6) is 0 Å². The zero-order valence-corrected chi connectivity index (χ0v) is 8.88. The van der Waals surface area contributed by atoms with Crippen LogP contribution in [0.1, 0.15) is 29.2 Å². The van der Waals surface area contributed by atoms with Gasteiger partial charge in [0.25, 0.3) is 0 Å². The Morgan fingerprint density at radius 3 is 2.56 bits per heavy atom. The topological polar surface area (TPSA) is 88.0 Å². The van der Waals surface area contributed by atoms with E-state index in [9.17, 15) is 10.2 Å².